The summed E-state index contributed by atoms with van der Waals surface area (Å²) < 4.78 is 15.9. The lowest BCUT2D eigenvalue weighted by Gasteiger charge is -2.21. The summed E-state index contributed by atoms with van der Waals surface area (Å²) in [6.07, 6.45) is 2.47. The van der Waals surface area contributed by atoms with Gasteiger partial charge in [-0.1, -0.05) is 18.2 Å². The minimum Gasteiger partial charge on any atom is -0.493 e. The predicted octanol–water partition coefficient (Wildman–Crippen LogP) is 0.974. The first-order chi connectivity index (χ1) is 11.5. The van der Waals surface area contributed by atoms with Gasteiger partial charge in [0.15, 0.2) is 11.5 Å². The van der Waals surface area contributed by atoms with Crippen LogP contribution >= 0.6 is 0 Å². The second-order valence-electron chi connectivity index (χ2n) is 5.75. The van der Waals surface area contributed by atoms with Gasteiger partial charge < -0.3 is 24.6 Å². The van der Waals surface area contributed by atoms with Crippen molar-refractivity contribution in [2.75, 3.05) is 14.2 Å². The highest BCUT2D eigenvalue weighted by Gasteiger charge is 2.53. The zero-order chi connectivity index (χ0) is 17.3. The molecule has 3 rings (SSSR count). The van der Waals surface area contributed by atoms with Crippen LogP contribution in [-0.2, 0) is 20.9 Å². The molecule has 0 radical (unpaired) electrons. The molecule has 2 N–H and O–H groups in total. The topological polar surface area (TPSA) is 94.1 Å². The van der Waals surface area contributed by atoms with Gasteiger partial charge in [-0.2, -0.15) is 0 Å². The summed E-state index contributed by atoms with van der Waals surface area (Å²) in [5.41, 5.74) is 0.826. The van der Waals surface area contributed by atoms with Crippen LogP contribution in [0.2, 0.25) is 0 Å². The smallest absolute Gasteiger partial charge is 0.310 e. The first-order valence-electron chi connectivity index (χ1n) is 7.60. The van der Waals surface area contributed by atoms with Crippen molar-refractivity contribution in [1.82, 2.24) is 5.32 Å². The second-order valence-corrected chi connectivity index (χ2v) is 5.75. The van der Waals surface area contributed by atoms with E-state index in [9.17, 15) is 14.7 Å². The van der Waals surface area contributed by atoms with Crippen LogP contribution in [0.3, 0.4) is 0 Å². The number of nitrogens with one attached hydrogen (secondary N) is 1. The van der Waals surface area contributed by atoms with E-state index in [1.165, 1.54) is 7.11 Å². The quantitative estimate of drug-likeness (QED) is 0.754. The van der Waals surface area contributed by atoms with Crippen LogP contribution in [0.4, 0.5) is 0 Å². The van der Waals surface area contributed by atoms with Crippen molar-refractivity contribution in [2.24, 2.45) is 11.8 Å². The van der Waals surface area contributed by atoms with E-state index >= 15 is 0 Å². The number of carboxylic acids is 1. The van der Waals surface area contributed by atoms with E-state index in [1.54, 1.807) is 31.4 Å². The SMILES string of the molecule is COc1ccc(CNC(=O)[C@@H]2[C@H](C(=O)O)[C@H]3C=C[C@H]2O3)cc1OC. The molecule has 1 aromatic carbocycles. The van der Waals surface area contributed by atoms with Crippen molar-refractivity contribution in [2.45, 2.75) is 18.8 Å². The van der Waals surface area contributed by atoms with Gasteiger partial charge in [0.1, 0.15) is 5.92 Å². The molecule has 0 aromatic heterocycles. The van der Waals surface area contributed by atoms with Crippen molar-refractivity contribution in [1.29, 1.82) is 0 Å². The van der Waals surface area contributed by atoms with Crippen LogP contribution in [0, 0.1) is 11.8 Å². The lowest BCUT2D eigenvalue weighted by molar-refractivity contribution is -0.146. The van der Waals surface area contributed by atoms with E-state index < -0.39 is 30.0 Å². The maximum atomic E-state index is 12.5. The number of rotatable bonds is 6. The van der Waals surface area contributed by atoms with Gasteiger partial charge in [0.2, 0.25) is 5.91 Å². The molecular formula is C17H19NO6. The molecule has 128 valence electrons. The number of aliphatic carboxylic acids is 1. The third-order valence-corrected chi connectivity index (χ3v) is 4.40. The minimum atomic E-state index is -1.02. The summed E-state index contributed by atoms with van der Waals surface area (Å²) in [6, 6.07) is 5.34. The number of benzene rings is 1. The standard InChI is InChI=1S/C17H19NO6/c1-22-10-4-3-9(7-13(10)23-2)8-18-16(19)14-11-5-6-12(24-11)15(14)17(20)21/h3-7,11-12,14-15H,8H2,1-2H3,(H,18,19)(H,20,21)/t11-,12-,14+,15-/m1/s1. The number of fused-ring (bicyclic) bond motifs is 2. The van der Waals surface area contributed by atoms with Gasteiger partial charge >= 0.3 is 5.97 Å². The van der Waals surface area contributed by atoms with E-state index in [-0.39, 0.29) is 12.5 Å². The van der Waals surface area contributed by atoms with Gasteiger partial charge in [0, 0.05) is 6.54 Å². The van der Waals surface area contributed by atoms with Gasteiger partial charge in [0.05, 0.1) is 32.3 Å². The Labute approximate surface area is 139 Å². The van der Waals surface area contributed by atoms with Crippen LogP contribution in [0.1, 0.15) is 5.56 Å². The lowest BCUT2D eigenvalue weighted by Crippen LogP contribution is -2.42. The van der Waals surface area contributed by atoms with Crippen LogP contribution in [0.25, 0.3) is 0 Å². The lowest BCUT2D eigenvalue weighted by atomic mass is 9.82. The molecule has 1 saturated heterocycles. The molecule has 1 fully saturated rings. The normalized spacial score (nSPS) is 27.1. The zero-order valence-electron chi connectivity index (χ0n) is 13.4. The van der Waals surface area contributed by atoms with E-state index in [2.05, 4.69) is 5.32 Å². The highest BCUT2D eigenvalue weighted by molar-refractivity contribution is 5.87. The molecule has 1 amide bonds. The molecule has 0 saturated carbocycles. The van der Waals surface area contributed by atoms with Gasteiger partial charge in [-0.25, -0.2) is 0 Å². The summed E-state index contributed by atoms with van der Waals surface area (Å²) >= 11 is 0. The number of carboxylic acid groups (broad SMARTS) is 1. The van der Waals surface area contributed by atoms with Crippen molar-refractivity contribution in [3.63, 3.8) is 0 Å². The van der Waals surface area contributed by atoms with Crippen molar-refractivity contribution in [3.8, 4) is 11.5 Å². The number of carbonyl (C=O) groups is 2. The van der Waals surface area contributed by atoms with E-state index in [0.717, 1.165) is 5.56 Å². The largest absolute Gasteiger partial charge is 0.493 e. The average molecular weight is 333 g/mol. The molecule has 0 unspecified atom stereocenters. The second kappa shape index (κ2) is 6.52. The van der Waals surface area contributed by atoms with E-state index in [4.69, 9.17) is 14.2 Å². The van der Waals surface area contributed by atoms with Crippen molar-refractivity contribution < 1.29 is 28.9 Å². The summed E-state index contributed by atoms with van der Waals surface area (Å²) in [6.45, 7) is 0.267. The Bertz CT molecular complexity index is 686. The van der Waals surface area contributed by atoms with Gasteiger partial charge in [0.25, 0.3) is 0 Å². The Morgan fingerprint density at radius 2 is 1.79 bits per heavy atom. The van der Waals surface area contributed by atoms with Gasteiger partial charge in [-0.15, -0.1) is 0 Å². The molecule has 2 bridgehead atoms. The molecule has 4 atom stereocenters. The van der Waals surface area contributed by atoms with Gasteiger partial charge in [-0.05, 0) is 17.7 Å². The third kappa shape index (κ3) is 2.82. The first-order valence-corrected chi connectivity index (χ1v) is 7.60. The van der Waals surface area contributed by atoms with Gasteiger partial charge in [-0.3, -0.25) is 9.59 Å². The monoisotopic (exact) mass is 333 g/mol. The molecule has 0 spiro atoms. The Morgan fingerprint density at radius 1 is 1.12 bits per heavy atom. The van der Waals surface area contributed by atoms with Crippen molar-refractivity contribution in [3.05, 3.63) is 35.9 Å². The Hall–Kier alpha value is -2.54. The van der Waals surface area contributed by atoms with Crippen LogP contribution in [-0.4, -0.2) is 43.4 Å². The van der Waals surface area contributed by atoms with Crippen LogP contribution < -0.4 is 14.8 Å². The highest BCUT2D eigenvalue weighted by Crippen LogP contribution is 2.39. The van der Waals surface area contributed by atoms with Crippen LogP contribution in [0.5, 0.6) is 11.5 Å². The van der Waals surface area contributed by atoms with E-state index in [0.29, 0.717) is 11.5 Å². The Morgan fingerprint density at radius 3 is 2.42 bits per heavy atom. The molecule has 24 heavy (non-hydrogen) atoms. The number of hydrogen-bond acceptors (Lipinski definition) is 5. The zero-order valence-corrected chi connectivity index (χ0v) is 13.4. The van der Waals surface area contributed by atoms with Crippen molar-refractivity contribution >= 4 is 11.9 Å². The number of amides is 1. The Balaban J connectivity index is 1.67. The summed E-state index contributed by atoms with van der Waals surface area (Å²) in [5, 5.41) is 12.1. The molecule has 7 heteroatoms. The fourth-order valence-electron chi connectivity index (χ4n) is 3.21. The number of ether oxygens (including phenoxy) is 3. The molecule has 2 aliphatic heterocycles. The minimum absolute atomic E-state index is 0.267. The molecule has 2 aliphatic rings. The number of hydrogen-bond donors (Lipinski definition) is 2. The first kappa shape index (κ1) is 16.3. The molecular weight excluding hydrogens is 314 g/mol. The highest BCUT2D eigenvalue weighted by atomic mass is 16.5. The maximum Gasteiger partial charge on any atom is 0.310 e. The fraction of sp³-hybridized carbons (Fsp3) is 0.412. The van der Waals surface area contributed by atoms with Crippen LogP contribution in [0.15, 0.2) is 30.4 Å². The molecule has 1 aromatic rings. The predicted molar refractivity (Wildman–Crippen MR) is 83.8 cm³/mol. The average Bonchev–Trinajstić information content (AvgIpc) is 3.20. The summed E-state index contributed by atoms with van der Waals surface area (Å²) in [4.78, 5) is 23.9. The molecule has 0 aliphatic carbocycles. The Kier molecular flexibility index (Phi) is 4.44. The maximum absolute atomic E-state index is 12.5. The summed E-state index contributed by atoms with van der Waals surface area (Å²) in [7, 11) is 3.09. The number of carbonyl (C=O) groups excluding carboxylic acids is 1. The number of methoxy groups -OCH3 is 2. The molecule has 7 nitrogen and oxygen atoms in total. The summed E-state index contributed by atoms with van der Waals surface area (Å²) in [5.74, 6) is -1.72. The third-order valence-electron chi connectivity index (χ3n) is 4.40. The fourth-order valence-corrected chi connectivity index (χ4v) is 3.21. The van der Waals surface area contributed by atoms with E-state index in [1.807, 2.05) is 6.07 Å². The molecule has 2 heterocycles.